The third kappa shape index (κ3) is 2.56. The van der Waals surface area contributed by atoms with E-state index in [1.54, 1.807) is 0 Å². The largest absolute Gasteiger partial charge is 0.346 e. The maximum atomic E-state index is 11.7. The minimum atomic E-state index is -0.0134. The molecule has 1 aliphatic carbocycles. The molecule has 0 saturated heterocycles. The zero-order valence-electron chi connectivity index (χ0n) is 8.39. The standard InChI is InChI=1S/C13H13NO/c15-13(11-7-3-1-4-8-11)14-12-9-5-2-6-10-12/h1-9,12H,10H2,(H,14,15)/t12-/m1/s1. The zero-order valence-corrected chi connectivity index (χ0v) is 8.39. The first kappa shape index (κ1) is 9.71. The highest BCUT2D eigenvalue weighted by Gasteiger charge is 2.10. The van der Waals surface area contributed by atoms with Crippen molar-refractivity contribution in [3.05, 3.63) is 60.2 Å². The fraction of sp³-hybridized carbons (Fsp3) is 0.154. The third-order valence-corrected chi connectivity index (χ3v) is 2.33. The van der Waals surface area contributed by atoms with Crippen LogP contribution in [0.2, 0.25) is 0 Å². The second-order valence-corrected chi connectivity index (χ2v) is 3.49. The fourth-order valence-electron chi connectivity index (χ4n) is 1.53. The van der Waals surface area contributed by atoms with Gasteiger partial charge in [0.2, 0.25) is 0 Å². The molecular weight excluding hydrogens is 186 g/mol. The molecule has 0 aliphatic heterocycles. The summed E-state index contributed by atoms with van der Waals surface area (Å²) >= 11 is 0. The highest BCUT2D eigenvalue weighted by molar-refractivity contribution is 5.94. The van der Waals surface area contributed by atoms with E-state index in [0.29, 0.717) is 5.56 Å². The molecule has 0 unspecified atom stereocenters. The number of amides is 1. The van der Waals surface area contributed by atoms with Crippen molar-refractivity contribution in [2.24, 2.45) is 0 Å². The fourth-order valence-corrected chi connectivity index (χ4v) is 1.53. The van der Waals surface area contributed by atoms with Gasteiger partial charge in [-0.25, -0.2) is 0 Å². The molecule has 1 aliphatic rings. The number of benzene rings is 1. The van der Waals surface area contributed by atoms with Gasteiger partial charge >= 0.3 is 0 Å². The monoisotopic (exact) mass is 199 g/mol. The molecule has 0 aromatic heterocycles. The molecule has 0 saturated carbocycles. The normalized spacial score (nSPS) is 18.8. The Balaban J connectivity index is 1.98. The lowest BCUT2D eigenvalue weighted by Crippen LogP contribution is -2.33. The summed E-state index contributed by atoms with van der Waals surface area (Å²) in [6.45, 7) is 0. The first-order valence-electron chi connectivity index (χ1n) is 5.05. The average Bonchev–Trinajstić information content (AvgIpc) is 2.31. The molecule has 1 aromatic rings. The van der Waals surface area contributed by atoms with Crippen molar-refractivity contribution in [1.82, 2.24) is 5.32 Å². The summed E-state index contributed by atoms with van der Waals surface area (Å²) in [6.07, 6.45) is 8.87. The molecule has 2 nitrogen and oxygen atoms in total. The second kappa shape index (κ2) is 4.60. The van der Waals surface area contributed by atoms with Crippen LogP contribution in [0.4, 0.5) is 0 Å². The average molecular weight is 199 g/mol. The molecule has 0 fully saturated rings. The molecule has 1 amide bonds. The SMILES string of the molecule is O=C(N[C@@H]1C=CC=CC1)c1ccccc1. The number of nitrogens with one attached hydrogen (secondary N) is 1. The molecular formula is C13H13NO. The molecule has 0 bridgehead atoms. The van der Waals surface area contributed by atoms with Crippen LogP contribution in [0.15, 0.2) is 54.6 Å². The minimum absolute atomic E-state index is 0.0134. The van der Waals surface area contributed by atoms with E-state index in [1.165, 1.54) is 0 Å². The summed E-state index contributed by atoms with van der Waals surface area (Å²) in [7, 11) is 0. The molecule has 1 N–H and O–H groups in total. The van der Waals surface area contributed by atoms with E-state index in [1.807, 2.05) is 48.6 Å². The van der Waals surface area contributed by atoms with Crippen LogP contribution < -0.4 is 5.32 Å². The Labute approximate surface area is 89.3 Å². The molecule has 2 rings (SSSR count). The molecule has 0 radical (unpaired) electrons. The van der Waals surface area contributed by atoms with Crippen LogP contribution in [0.1, 0.15) is 16.8 Å². The number of carbonyl (C=O) groups is 1. The topological polar surface area (TPSA) is 29.1 Å². The van der Waals surface area contributed by atoms with Crippen LogP contribution >= 0.6 is 0 Å². The van der Waals surface area contributed by atoms with E-state index in [2.05, 4.69) is 11.4 Å². The highest BCUT2D eigenvalue weighted by atomic mass is 16.1. The number of rotatable bonds is 2. The van der Waals surface area contributed by atoms with Gasteiger partial charge in [0, 0.05) is 5.56 Å². The Morgan fingerprint density at radius 1 is 1.20 bits per heavy atom. The lowest BCUT2D eigenvalue weighted by atomic mass is 10.1. The van der Waals surface area contributed by atoms with Crippen molar-refractivity contribution in [2.75, 3.05) is 0 Å². The van der Waals surface area contributed by atoms with Gasteiger partial charge in [0.05, 0.1) is 6.04 Å². The van der Waals surface area contributed by atoms with Gasteiger partial charge in [-0.1, -0.05) is 42.5 Å². The lowest BCUT2D eigenvalue weighted by Gasteiger charge is -2.14. The predicted molar refractivity (Wildman–Crippen MR) is 60.6 cm³/mol. The number of hydrogen-bond acceptors (Lipinski definition) is 1. The van der Waals surface area contributed by atoms with Gasteiger partial charge in [0.15, 0.2) is 0 Å². The van der Waals surface area contributed by atoms with Crippen LogP contribution in [-0.2, 0) is 0 Å². The van der Waals surface area contributed by atoms with Gasteiger partial charge in [0.1, 0.15) is 0 Å². The van der Waals surface area contributed by atoms with Crippen molar-refractivity contribution in [3.8, 4) is 0 Å². The van der Waals surface area contributed by atoms with Crippen molar-refractivity contribution in [1.29, 1.82) is 0 Å². The van der Waals surface area contributed by atoms with Crippen LogP contribution in [-0.4, -0.2) is 11.9 Å². The maximum Gasteiger partial charge on any atom is 0.251 e. The van der Waals surface area contributed by atoms with Crippen molar-refractivity contribution >= 4 is 5.91 Å². The van der Waals surface area contributed by atoms with Crippen LogP contribution in [0.3, 0.4) is 0 Å². The highest BCUT2D eigenvalue weighted by Crippen LogP contribution is 2.05. The van der Waals surface area contributed by atoms with Gasteiger partial charge in [-0.2, -0.15) is 0 Å². The Bertz CT molecular complexity index is 392. The summed E-state index contributed by atoms with van der Waals surface area (Å²) in [4.78, 5) is 11.7. The first-order chi connectivity index (χ1) is 7.36. The van der Waals surface area contributed by atoms with E-state index < -0.39 is 0 Å². The summed E-state index contributed by atoms with van der Waals surface area (Å²) < 4.78 is 0. The van der Waals surface area contributed by atoms with E-state index >= 15 is 0 Å². The Morgan fingerprint density at radius 2 is 2.00 bits per heavy atom. The molecule has 15 heavy (non-hydrogen) atoms. The van der Waals surface area contributed by atoms with Gasteiger partial charge in [0.25, 0.3) is 5.91 Å². The lowest BCUT2D eigenvalue weighted by molar-refractivity contribution is 0.0944. The third-order valence-electron chi connectivity index (χ3n) is 2.33. The smallest absolute Gasteiger partial charge is 0.251 e. The molecule has 2 heteroatoms. The van der Waals surface area contributed by atoms with E-state index in [9.17, 15) is 4.79 Å². The minimum Gasteiger partial charge on any atom is -0.346 e. The molecule has 1 atom stereocenters. The quantitative estimate of drug-likeness (QED) is 0.778. The van der Waals surface area contributed by atoms with Crippen LogP contribution in [0, 0.1) is 0 Å². The molecule has 0 heterocycles. The van der Waals surface area contributed by atoms with Crippen molar-refractivity contribution in [3.63, 3.8) is 0 Å². The summed E-state index contributed by atoms with van der Waals surface area (Å²) in [5.41, 5.74) is 0.709. The predicted octanol–water partition coefficient (Wildman–Crippen LogP) is 2.30. The van der Waals surface area contributed by atoms with Gasteiger partial charge in [-0.15, -0.1) is 0 Å². The van der Waals surface area contributed by atoms with Gasteiger partial charge in [-0.3, -0.25) is 4.79 Å². The first-order valence-corrected chi connectivity index (χ1v) is 5.05. The van der Waals surface area contributed by atoms with E-state index in [-0.39, 0.29) is 11.9 Å². The van der Waals surface area contributed by atoms with Crippen molar-refractivity contribution in [2.45, 2.75) is 12.5 Å². The van der Waals surface area contributed by atoms with E-state index in [4.69, 9.17) is 0 Å². The Morgan fingerprint density at radius 3 is 2.67 bits per heavy atom. The zero-order chi connectivity index (χ0) is 10.5. The Hall–Kier alpha value is -1.83. The number of allylic oxidation sites excluding steroid dienone is 2. The van der Waals surface area contributed by atoms with Crippen LogP contribution in [0.25, 0.3) is 0 Å². The van der Waals surface area contributed by atoms with Crippen molar-refractivity contribution < 1.29 is 4.79 Å². The maximum absolute atomic E-state index is 11.7. The van der Waals surface area contributed by atoms with Gasteiger partial charge in [-0.05, 0) is 18.6 Å². The molecule has 76 valence electrons. The van der Waals surface area contributed by atoms with Crippen LogP contribution in [0.5, 0.6) is 0 Å². The molecule has 1 aromatic carbocycles. The Kier molecular flexibility index (Phi) is 2.98. The number of hydrogen-bond donors (Lipinski definition) is 1. The summed E-state index contributed by atoms with van der Waals surface area (Å²) in [5, 5.41) is 2.96. The summed E-state index contributed by atoms with van der Waals surface area (Å²) in [6, 6.07) is 9.40. The van der Waals surface area contributed by atoms with E-state index in [0.717, 1.165) is 6.42 Å². The second-order valence-electron chi connectivity index (χ2n) is 3.49. The number of carbonyl (C=O) groups excluding carboxylic acids is 1. The molecule has 0 spiro atoms. The van der Waals surface area contributed by atoms with Gasteiger partial charge < -0.3 is 5.32 Å². The summed E-state index contributed by atoms with van der Waals surface area (Å²) in [5.74, 6) is -0.0134.